The lowest BCUT2D eigenvalue weighted by atomic mass is 9.70. The first kappa shape index (κ1) is 28.4. The van der Waals surface area contributed by atoms with Crippen LogP contribution < -0.4 is 0 Å². The smallest absolute Gasteiger partial charge is 0.312 e. The van der Waals surface area contributed by atoms with Gasteiger partial charge in [0.15, 0.2) is 0 Å². The molecule has 0 aromatic carbocycles. The molecule has 3 aliphatic heterocycles. The van der Waals surface area contributed by atoms with Crippen molar-refractivity contribution in [1.29, 1.82) is 0 Å². The maximum atomic E-state index is 14.3. The van der Waals surface area contributed by atoms with Crippen LogP contribution in [0.5, 0.6) is 0 Å². The number of rotatable bonds is 12. The number of esters is 1. The van der Waals surface area contributed by atoms with Crippen LogP contribution in [-0.4, -0.2) is 81.8 Å². The molecule has 1 N–H and O–H groups in total. The molecule has 0 radical (unpaired) electrons. The van der Waals surface area contributed by atoms with Gasteiger partial charge < -0.3 is 24.4 Å². The van der Waals surface area contributed by atoms with Crippen LogP contribution in [-0.2, 0) is 23.9 Å². The average Bonchev–Trinajstić information content (AvgIpc) is 3.44. The number of carbonyl (C=O) groups excluding carboxylic acids is 3. The van der Waals surface area contributed by atoms with Crippen molar-refractivity contribution in [2.45, 2.75) is 96.1 Å². The van der Waals surface area contributed by atoms with Gasteiger partial charge in [-0.3, -0.25) is 14.4 Å². The summed E-state index contributed by atoms with van der Waals surface area (Å²) in [5.41, 5.74) is -1.64. The Hall–Kier alpha value is -2.19. The van der Waals surface area contributed by atoms with Gasteiger partial charge in [0.1, 0.15) is 11.6 Å². The zero-order chi connectivity index (χ0) is 26.8. The van der Waals surface area contributed by atoms with E-state index in [1.165, 1.54) is 4.90 Å². The van der Waals surface area contributed by atoms with Crippen LogP contribution in [0.3, 0.4) is 0 Å². The topological polar surface area (TPSA) is 96.4 Å². The fourth-order valence-corrected chi connectivity index (χ4v) is 6.25. The van der Waals surface area contributed by atoms with Crippen molar-refractivity contribution in [3.63, 3.8) is 0 Å². The fraction of sp³-hybridized carbons (Fsp3) is 0.750. The number of carbonyl (C=O) groups is 3. The molecule has 3 fully saturated rings. The first-order chi connectivity index (χ1) is 17.0. The van der Waals surface area contributed by atoms with Crippen LogP contribution in [0.25, 0.3) is 0 Å². The standard InChI is InChI=1S/C28H44N2O6/c1-8-10-11-12-16-35-26(34)21-20-13-14-28(36-20)22(21)24(32)30(19(17-31)18(3)4)23(28)25(33)29(15-9-2)27(5,6)7/h8-9,18-23,31H,1-2,10-17H2,3-7H3/t19-,20+,21-,22-,23?,28?/m0/s1. The highest BCUT2D eigenvalue weighted by atomic mass is 16.6. The van der Waals surface area contributed by atoms with Crippen molar-refractivity contribution in [3.05, 3.63) is 25.3 Å². The van der Waals surface area contributed by atoms with E-state index in [1.54, 1.807) is 11.0 Å². The maximum absolute atomic E-state index is 14.3. The number of hydrogen-bond acceptors (Lipinski definition) is 6. The molecule has 0 aromatic heterocycles. The molecule has 8 heteroatoms. The SMILES string of the molecule is C=CCCCCOC(=O)[C@@H]1[C@H]2C(=O)N([C@@H](CO)C(C)C)C(C(=O)N(CC=C)C(C)(C)C)C23CC[C@H]1O3. The summed E-state index contributed by atoms with van der Waals surface area (Å²) in [5.74, 6) is -2.63. The van der Waals surface area contributed by atoms with Crippen molar-refractivity contribution >= 4 is 17.8 Å². The third kappa shape index (κ3) is 4.86. The first-order valence-electron chi connectivity index (χ1n) is 13.3. The summed E-state index contributed by atoms with van der Waals surface area (Å²) in [6.45, 7) is 17.5. The molecule has 202 valence electrons. The van der Waals surface area contributed by atoms with Gasteiger partial charge in [-0.2, -0.15) is 0 Å². The summed E-state index contributed by atoms with van der Waals surface area (Å²) >= 11 is 0. The molecule has 1 spiro atoms. The third-order valence-corrected chi connectivity index (χ3v) is 7.99. The maximum Gasteiger partial charge on any atom is 0.312 e. The van der Waals surface area contributed by atoms with E-state index in [-0.39, 0.29) is 30.9 Å². The Labute approximate surface area is 215 Å². The largest absolute Gasteiger partial charge is 0.465 e. The second-order valence-electron chi connectivity index (χ2n) is 11.7. The van der Waals surface area contributed by atoms with Gasteiger partial charge in [0, 0.05) is 12.1 Å². The highest BCUT2D eigenvalue weighted by molar-refractivity contribution is 5.98. The number of aliphatic hydroxyl groups excluding tert-OH is 1. The van der Waals surface area contributed by atoms with Gasteiger partial charge in [0.05, 0.1) is 37.2 Å². The Morgan fingerprint density at radius 2 is 1.97 bits per heavy atom. The van der Waals surface area contributed by atoms with Gasteiger partial charge in [-0.25, -0.2) is 0 Å². The van der Waals surface area contributed by atoms with Crippen LogP contribution in [0.15, 0.2) is 25.3 Å². The van der Waals surface area contributed by atoms with E-state index in [0.29, 0.717) is 19.4 Å². The molecule has 2 amide bonds. The minimum absolute atomic E-state index is 0.0978. The number of nitrogens with zero attached hydrogens (tertiary/aromatic N) is 2. The van der Waals surface area contributed by atoms with Crippen LogP contribution in [0.1, 0.15) is 66.7 Å². The summed E-state index contributed by atoms with van der Waals surface area (Å²) in [7, 11) is 0. The van der Waals surface area contributed by atoms with E-state index in [1.807, 2.05) is 40.7 Å². The molecular formula is C28H44N2O6. The average molecular weight is 505 g/mol. The molecule has 3 rings (SSSR count). The number of allylic oxidation sites excluding steroid dienone is 1. The normalized spacial score (nSPS) is 29.9. The molecule has 0 aromatic rings. The monoisotopic (exact) mass is 504 g/mol. The van der Waals surface area contributed by atoms with E-state index >= 15 is 0 Å². The van der Waals surface area contributed by atoms with E-state index in [0.717, 1.165) is 19.3 Å². The number of amides is 2. The number of likely N-dealkylation sites (tertiary alicyclic amines) is 1. The summed E-state index contributed by atoms with van der Waals surface area (Å²) in [4.78, 5) is 44.8. The van der Waals surface area contributed by atoms with Gasteiger partial charge in [-0.1, -0.05) is 26.0 Å². The Balaban J connectivity index is 2.00. The van der Waals surface area contributed by atoms with Crippen molar-refractivity contribution < 1.29 is 29.0 Å². The Kier molecular flexibility index (Phi) is 8.71. The van der Waals surface area contributed by atoms with Gasteiger partial charge in [0.2, 0.25) is 11.8 Å². The van der Waals surface area contributed by atoms with E-state index < -0.39 is 47.1 Å². The van der Waals surface area contributed by atoms with E-state index in [9.17, 15) is 19.5 Å². The molecule has 36 heavy (non-hydrogen) atoms. The molecule has 3 saturated heterocycles. The number of fused-ring (bicyclic) bond motifs is 1. The van der Waals surface area contributed by atoms with Crippen molar-refractivity contribution in [1.82, 2.24) is 9.80 Å². The van der Waals surface area contributed by atoms with Crippen LogP contribution in [0.4, 0.5) is 0 Å². The fourth-order valence-electron chi connectivity index (χ4n) is 6.25. The predicted octanol–water partition coefficient (Wildman–Crippen LogP) is 3.09. The number of hydrogen-bond donors (Lipinski definition) is 1. The van der Waals surface area contributed by atoms with Crippen LogP contribution in [0.2, 0.25) is 0 Å². The molecule has 3 aliphatic rings. The molecule has 0 aliphatic carbocycles. The quantitative estimate of drug-likeness (QED) is 0.249. The lowest BCUT2D eigenvalue weighted by Crippen LogP contribution is -2.62. The van der Waals surface area contributed by atoms with Gasteiger partial charge in [0.25, 0.3) is 0 Å². The third-order valence-electron chi connectivity index (χ3n) is 7.99. The second kappa shape index (κ2) is 11.1. The minimum Gasteiger partial charge on any atom is -0.465 e. The second-order valence-corrected chi connectivity index (χ2v) is 11.7. The lowest BCUT2D eigenvalue weighted by Gasteiger charge is -2.44. The van der Waals surface area contributed by atoms with Crippen LogP contribution >= 0.6 is 0 Å². The number of unbranched alkanes of at least 4 members (excludes halogenated alkanes) is 2. The van der Waals surface area contributed by atoms with Crippen molar-refractivity contribution in [2.24, 2.45) is 17.8 Å². The van der Waals surface area contributed by atoms with Gasteiger partial charge in [-0.05, 0) is 58.8 Å². The first-order valence-corrected chi connectivity index (χ1v) is 13.3. The summed E-state index contributed by atoms with van der Waals surface area (Å²) in [6.07, 6.45) is 6.58. The molecule has 2 unspecified atom stereocenters. The zero-order valence-electron chi connectivity index (χ0n) is 22.6. The highest BCUT2D eigenvalue weighted by Crippen LogP contribution is 2.59. The zero-order valence-corrected chi connectivity index (χ0v) is 22.6. The van der Waals surface area contributed by atoms with Gasteiger partial charge in [-0.15, -0.1) is 13.2 Å². The predicted molar refractivity (Wildman–Crippen MR) is 137 cm³/mol. The van der Waals surface area contributed by atoms with E-state index in [2.05, 4.69) is 13.2 Å². The molecule has 0 saturated carbocycles. The number of ether oxygens (including phenoxy) is 2. The Bertz CT molecular complexity index is 865. The van der Waals surface area contributed by atoms with Crippen molar-refractivity contribution in [3.8, 4) is 0 Å². The molecule has 6 atom stereocenters. The lowest BCUT2D eigenvalue weighted by molar-refractivity contribution is -0.158. The van der Waals surface area contributed by atoms with E-state index in [4.69, 9.17) is 9.47 Å². The minimum atomic E-state index is -1.11. The molecule has 8 nitrogen and oxygen atoms in total. The summed E-state index contributed by atoms with van der Waals surface area (Å²) in [5, 5.41) is 10.3. The molecular weight excluding hydrogens is 460 g/mol. The number of aliphatic hydroxyl groups is 1. The summed E-state index contributed by atoms with van der Waals surface area (Å²) < 4.78 is 12.1. The Morgan fingerprint density at radius 3 is 2.53 bits per heavy atom. The molecule has 2 bridgehead atoms. The van der Waals surface area contributed by atoms with Crippen LogP contribution in [0, 0.1) is 17.8 Å². The molecule has 3 heterocycles. The Morgan fingerprint density at radius 1 is 1.28 bits per heavy atom. The highest BCUT2D eigenvalue weighted by Gasteiger charge is 2.76. The summed E-state index contributed by atoms with van der Waals surface area (Å²) in [6, 6.07) is -1.50. The van der Waals surface area contributed by atoms with Crippen molar-refractivity contribution in [2.75, 3.05) is 19.8 Å². The van der Waals surface area contributed by atoms with Gasteiger partial charge >= 0.3 is 5.97 Å².